The fourth-order valence-electron chi connectivity index (χ4n) is 2.07. The van der Waals surface area contributed by atoms with Gasteiger partial charge >= 0.3 is 0 Å². The Morgan fingerprint density at radius 1 is 1.18 bits per heavy atom. The Morgan fingerprint density at radius 2 is 1.82 bits per heavy atom. The zero-order chi connectivity index (χ0) is 16.9. The summed E-state index contributed by atoms with van der Waals surface area (Å²) in [5.74, 6) is -2.15. The molecule has 1 rings (SSSR count). The van der Waals surface area contributed by atoms with Crippen molar-refractivity contribution in [3.05, 3.63) is 0 Å². The van der Waals surface area contributed by atoms with Crippen molar-refractivity contribution in [2.24, 2.45) is 0 Å². The van der Waals surface area contributed by atoms with Gasteiger partial charge in [-0.2, -0.15) is 0 Å². The Balaban J connectivity index is 2.92. The standard InChI is InChI=1S/C12H24O10/c1-6(16)8(17)11(20-3-2-13)22-12(5-15)10(19)9(18)7(4-14)21-12/h6-11,13-19H,2-5H2,1H3/t6?,7-,8+,9+,10?,11-,12+/m1/s1. The number of hydrogen-bond donors (Lipinski definition) is 7. The molecule has 2 unspecified atom stereocenters. The van der Waals surface area contributed by atoms with Crippen molar-refractivity contribution in [1.82, 2.24) is 0 Å². The van der Waals surface area contributed by atoms with E-state index < -0.39 is 62.4 Å². The summed E-state index contributed by atoms with van der Waals surface area (Å²) < 4.78 is 15.4. The van der Waals surface area contributed by atoms with Gasteiger partial charge in [-0.05, 0) is 6.92 Å². The van der Waals surface area contributed by atoms with Crippen LogP contribution in [0.2, 0.25) is 0 Å². The fraction of sp³-hybridized carbons (Fsp3) is 1.00. The molecule has 0 spiro atoms. The van der Waals surface area contributed by atoms with E-state index in [4.69, 9.17) is 24.4 Å². The molecular weight excluding hydrogens is 304 g/mol. The first-order valence-corrected chi connectivity index (χ1v) is 6.85. The van der Waals surface area contributed by atoms with Crippen LogP contribution < -0.4 is 0 Å². The summed E-state index contributed by atoms with van der Waals surface area (Å²) in [7, 11) is 0. The number of hydrogen-bond acceptors (Lipinski definition) is 10. The molecule has 0 aromatic rings. The van der Waals surface area contributed by atoms with E-state index in [1.165, 1.54) is 6.92 Å². The maximum atomic E-state index is 9.98. The summed E-state index contributed by atoms with van der Waals surface area (Å²) in [5.41, 5.74) is 0. The summed E-state index contributed by atoms with van der Waals surface area (Å²) in [5, 5.41) is 66.3. The second-order valence-electron chi connectivity index (χ2n) is 5.06. The summed E-state index contributed by atoms with van der Waals surface area (Å²) in [6, 6.07) is 0. The van der Waals surface area contributed by atoms with Crippen LogP contribution in [-0.4, -0.2) is 105 Å². The number of ether oxygens (including phenoxy) is 3. The molecule has 1 saturated heterocycles. The van der Waals surface area contributed by atoms with Crippen LogP contribution in [0.15, 0.2) is 0 Å². The Kier molecular flexibility index (Phi) is 7.55. The molecule has 132 valence electrons. The van der Waals surface area contributed by atoms with Crippen molar-refractivity contribution in [3.63, 3.8) is 0 Å². The van der Waals surface area contributed by atoms with Crippen molar-refractivity contribution in [3.8, 4) is 0 Å². The lowest BCUT2D eigenvalue weighted by molar-refractivity contribution is -0.354. The van der Waals surface area contributed by atoms with Gasteiger partial charge < -0.3 is 50.0 Å². The van der Waals surface area contributed by atoms with Gasteiger partial charge in [0.05, 0.1) is 25.9 Å². The molecule has 1 heterocycles. The van der Waals surface area contributed by atoms with Gasteiger partial charge in [-0.1, -0.05) is 0 Å². The van der Waals surface area contributed by atoms with Gasteiger partial charge in [0.15, 0.2) is 6.29 Å². The van der Waals surface area contributed by atoms with Gasteiger partial charge in [0.2, 0.25) is 5.79 Å². The van der Waals surface area contributed by atoms with E-state index in [2.05, 4.69) is 0 Å². The highest BCUT2D eigenvalue weighted by molar-refractivity contribution is 4.97. The van der Waals surface area contributed by atoms with Crippen LogP contribution in [0.5, 0.6) is 0 Å². The first kappa shape index (κ1) is 19.6. The molecule has 10 nitrogen and oxygen atoms in total. The van der Waals surface area contributed by atoms with Crippen LogP contribution in [0.1, 0.15) is 6.92 Å². The van der Waals surface area contributed by atoms with Gasteiger partial charge in [-0.25, -0.2) is 0 Å². The van der Waals surface area contributed by atoms with E-state index >= 15 is 0 Å². The third-order valence-corrected chi connectivity index (χ3v) is 3.37. The van der Waals surface area contributed by atoms with Crippen LogP contribution in [0.3, 0.4) is 0 Å². The topological polar surface area (TPSA) is 169 Å². The predicted molar refractivity (Wildman–Crippen MR) is 69.4 cm³/mol. The van der Waals surface area contributed by atoms with Crippen molar-refractivity contribution in [1.29, 1.82) is 0 Å². The zero-order valence-corrected chi connectivity index (χ0v) is 12.1. The summed E-state index contributed by atoms with van der Waals surface area (Å²) in [6.45, 7) is -0.939. The van der Waals surface area contributed by atoms with Crippen LogP contribution >= 0.6 is 0 Å². The maximum Gasteiger partial charge on any atom is 0.224 e. The third-order valence-electron chi connectivity index (χ3n) is 3.37. The van der Waals surface area contributed by atoms with Gasteiger partial charge in [-0.3, -0.25) is 0 Å². The molecule has 10 heteroatoms. The van der Waals surface area contributed by atoms with Crippen molar-refractivity contribution in [2.75, 3.05) is 26.4 Å². The van der Waals surface area contributed by atoms with Gasteiger partial charge in [-0.15, -0.1) is 0 Å². The van der Waals surface area contributed by atoms with E-state index in [-0.39, 0.29) is 6.61 Å². The predicted octanol–water partition coefficient (Wildman–Crippen LogP) is -4.12. The highest BCUT2D eigenvalue weighted by Gasteiger charge is 2.56. The number of aliphatic hydroxyl groups excluding tert-OH is 7. The molecule has 0 aromatic carbocycles. The van der Waals surface area contributed by atoms with E-state index in [1.54, 1.807) is 0 Å². The number of aliphatic hydroxyl groups is 7. The minimum atomic E-state index is -2.15. The molecule has 1 aliphatic heterocycles. The second-order valence-corrected chi connectivity index (χ2v) is 5.06. The highest BCUT2D eigenvalue weighted by atomic mass is 16.8. The molecule has 0 amide bonds. The van der Waals surface area contributed by atoms with Crippen LogP contribution in [0.25, 0.3) is 0 Å². The Hall–Kier alpha value is -0.400. The maximum absolute atomic E-state index is 9.98. The molecule has 7 atom stereocenters. The van der Waals surface area contributed by atoms with E-state index in [9.17, 15) is 25.5 Å². The minimum absolute atomic E-state index is 0.252. The smallest absolute Gasteiger partial charge is 0.224 e. The molecule has 1 aliphatic rings. The lowest BCUT2D eigenvalue weighted by atomic mass is 10.1. The first-order chi connectivity index (χ1) is 10.3. The fourth-order valence-corrected chi connectivity index (χ4v) is 2.07. The average Bonchev–Trinajstić information content (AvgIpc) is 2.75. The Labute approximate surface area is 127 Å². The lowest BCUT2D eigenvalue weighted by Gasteiger charge is -2.36. The molecule has 0 bridgehead atoms. The molecule has 0 saturated carbocycles. The first-order valence-electron chi connectivity index (χ1n) is 6.85. The van der Waals surface area contributed by atoms with E-state index in [0.29, 0.717) is 0 Å². The molecule has 22 heavy (non-hydrogen) atoms. The van der Waals surface area contributed by atoms with Crippen LogP contribution in [-0.2, 0) is 14.2 Å². The molecule has 0 aromatic heterocycles. The van der Waals surface area contributed by atoms with Gasteiger partial charge in [0, 0.05) is 0 Å². The molecule has 7 N–H and O–H groups in total. The second kappa shape index (κ2) is 8.45. The third kappa shape index (κ3) is 4.11. The quantitative estimate of drug-likeness (QED) is 0.206. The van der Waals surface area contributed by atoms with Crippen LogP contribution in [0.4, 0.5) is 0 Å². The van der Waals surface area contributed by atoms with Crippen molar-refractivity contribution >= 4 is 0 Å². The SMILES string of the molecule is CC(O)[C@H](O)[C@H](OCCO)O[C@]1(CO)O[C@H](CO)[C@H](O)C1O. The van der Waals surface area contributed by atoms with E-state index in [0.717, 1.165) is 0 Å². The van der Waals surface area contributed by atoms with Crippen LogP contribution in [0, 0.1) is 0 Å². The Morgan fingerprint density at radius 3 is 2.23 bits per heavy atom. The minimum Gasteiger partial charge on any atom is -0.394 e. The summed E-state index contributed by atoms with van der Waals surface area (Å²) in [6.07, 6.45) is -8.87. The highest BCUT2D eigenvalue weighted by Crippen LogP contribution is 2.34. The van der Waals surface area contributed by atoms with Gasteiger partial charge in [0.25, 0.3) is 0 Å². The monoisotopic (exact) mass is 328 g/mol. The lowest BCUT2D eigenvalue weighted by Crippen LogP contribution is -2.54. The van der Waals surface area contributed by atoms with E-state index in [1.807, 2.05) is 0 Å². The zero-order valence-electron chi connectivity index (χ0n) is 12.1. The Bertz CT molecular complexity index is 327. The average molecular weight is 328 g/mol. The number of rotatable bonds is 9. The summed E-state index contributed by atoms with van der Waals surface area (Å²) >= 11 is 0. The molecule has 1 fully saturated rings. The molecule has 0 radical (unpaired) electrons. The van der Waals surface area contributed by atoms with Crippen molar-refractivity contribution in [2.45, 2.75) is 49.5 Å². The van der Waals surface area contributed by atoms with Crippen molar-refractivity contribution < 1.29 is 50.0 Å². The summed E-state index contributed by atoms with van der Waals surface area (Å²) in [4.78, 5) is 0. The molecular formula is C12H24O10. The molecule has 0 aliphatic carbocycles. The normalized spacial score (nSPS) is 36.3. The largest absolute Gasteiger partial charge is 0.394 e. The van der Waals surface area contributed by atoms with Gasteiger partial charge in [0.1, 0.15) is 31.0 Å².